The minimum absolute atomic E-state index is 0. The molecule has 232 valence electrons. The van der Waals surface area contributed by atoms with E-state index in [1.165, 1.54) is 0 Å². The van der Waals surface area contributed by atoms with Gasteiger partial charge in [0.1, 0.15) is 0 Å². The number of aryl methyl sites for hydroxylation is 1. The Hall–Kier alpha value is -1.68. The predicted molar refractivity (Wildman–Crippen MR) is 170 cm³/mol. The first-order valence-electron chi connectivity index (χ1n) is 13.5. The number of aromatic nitrogens is 2. The van der Waals surface area contributed by atoms with Crippen LogP contribution in [0, 0.1) is 14.4 Å². The summed E-state index contributed by atoms with van der Waals surface area (Å²) in [5.74, 6) is 0.530. The average Bonchev–Trinajstić information content (AvgIpc) is 2.93. The van der Waals surface area contributed by atoms with Gasteiger partial charge in [-0.1, -0.05) is 19.1 Å². The Morgan fingerprint density at radius 3 is 2.29 bits per heavy atom. The smallest absolute Gasteiger partial charge is 0.530 e. The fourth-order valence-electron chi connectivity index (χ4n) is 3.36. The molecule has 0 saturated carbocycles. The molecule has 0 bridgehead atoms. The maximum absolute atomic E-state index is 12.0. The molecule has 0 aliphatic heterocycles. The summed E-state index contributed by atoms with van der Waals surface area (Å²) in [5.41, 5.74) is 8.16. The van der Waals surface area contributed by atoms with Gasteiger partial charge in [0.15, 0.2) is 17.3 Å². The van der Waals surface area contributed by atoms with E-state index in [-0.39, 0.29) is 94.0 Å². The van der Waals surface area contributed by atoms with Crippen molar-refractivity contribution >= 4 is 35.5 Å². The van der Waals surface area contributed by atoms with Gasteiger partial charge in [-0.05, 0) is 78.0 Å². The van der Waals surface area contributed by atoms with Crippen LogP contribution in [-0.4, -0.2) is 80.4 Å². The first-order valence-corrected chi connectivity index (χ1v) is 13.5. The van der Waals surface area contributed by atoms with Crippen LogP contribution in [0.2, 0.25) is 0 Å². The second kappa shape index (κ2) is 25.8. The van der Waals surface area contributed by atoms with Gasteiger partial charge in [0.25, 0.3) is 5.91 Å². The van der Waals surface area contributed by atoms with E-state index in [2.05, 4.69) is 51.6 Å². The third-order valence-electron chi connectivity index (χ3n) is 5.71. The number of amides is 3. The molecule has 42 heavy (non-hydrogen) atoms. The van der Waals surface area contributed by atoms with E-state index in [9.17, 15) is 14.4 Å². The molecular formula is C30H51CsN8O3-2. The van der Waals surface area contributed by atoms with Gasteiger partial charge in [0, 0.05) is 32.2 Å². The molecule has 0 aliphatic carbocycles. The summed E-state index contributed by atoms with van der Waals surface area (Å²) in [4.78, 5) is 46.1. The zero-order valence-electron chi connectivity index (χ0n) is 27.4. The van der Waals surface area contributed by atoms with Crippen LogP contribution in [0.3, 0.4) is 0 Å². The van der Waals surface area contributed by atoms with E-state index < -0.39 is 5.91 Å². The third-order valence-corrected chi connectivity index (χ3v) is 5.71. The summed E-state index contributed by atoms with van der Waals surface area (Å²) in [6.45, 7) is 12.6. The molecule has 0 saturated heterocycles. The molecule has 11 nitrogen and oxygen atoms in total. The largest absolute Gasteiger partial charge is 1.00 e. The van der Waals surface area contributed by atoms with Crippen molar-refractivity contribution in [3.8, 4) is 0 Å². The van der Waals surface area contributed by atoms with Crippen molar-refractivity contribution in [3.05, 3.63) is 55.6 Å². The summed E-state index contributed by atoms with van der Waals surface area (Å²) in [6, 6.07) is 7.86. The molecule has 0 atom stereocenters. The Kier molecular flexibility index (Phi) is 27.5. The van der Waals surface area contributed by atoms with E-state index in [1.54, 1.807) is 20.4 Å². The summed E-state index contributed by atoms with van der Waals surface area (Å²) in [6.07, 6.45) is 4.53. The van der Waals surface area contributed by atoms with Gasteiger partial charge in [0.2, 0.25) is 5.91 Å². The molecule has 1 heterocycles. The second-order valence-electron chi connectivity index (χ2n) is 9.30. The Morgan fingerprint density at radius 2 is 1.79 bits per heavy atom. The third kappa shape index (κ3) is 17.4. The molecule has 1 aromatic carbocycles. The average molecular weight is 705 g/mol. The number of carbonyl (C=O) groups excluding carboxylic acids is 3. The van der Waals surface area contributed by atoms with Crippen molar-refractivity contribution in [1.29, 1.82) is 0 Å². The van der Waals surface area contributed by atoms with Crippen molar-refractivity contribution in [3.63, 3.8) is 0 Å². The maximum Gasteiger partial charge on any atom is 1.00 e. The topological polar surface area (TPSA) is 146 Å². The second-order valence-corrected chi connectivity index (χ2v) is 9.30. The minimum Gasteiger partial charge on any atom is -0.530 e. The normalized spacial score (nSPS) is 9.60. The predicted octanol–water partition coefficient (Wildman–Crippen LogP) is 0.294. The van der Waals surface area contributed by atoms with E-state index in [0.717, 1.165) is 29.9 Å². The van der Waals surface area contributed by atoms with Gasteiger partial charge in [-0.3, -0.25) is 9.59 Å². The van der Waals surface area contributed by atoms with Crippen molar-refractivity contribution in [1.82, 2.24) is 25.5 Å². The van der Waals surface area contributed by atoms with Crippen molar-refractivity contribution < 1.29 is 83.3 Å². The van der Waals surface area contributed by atoms with Crippen LogP contribution in [0.25, 0.3) is 0 Å². The Bertz CT molecular complexity index is 1050. The van der Waals surface area contributed by atoms with Crippen molar-refractivity contribution in [2.45, 2.75) is 59.4 Å². The molecule has 3 amide bonds. The van der Waals surface area contributed by atoms with Crippen LogP contribution in [-0.2, 0) is 22.4 Å². The number of hydrogen-bond donors (Lipinski definition) is 4. The summed E-state index contributed by atoms with van der Waals surface area (Å²) < 4.78 is 0. The van der Waals surface area contributed by atoms with E-state index in [1.807, 2.05) is 57.2 Å². The molecular weight excluding hydrogens is 653 g/mol. The first-order chi connectivity index (χ1) is 19.0. The molecule has 1 aromatic heterocycles. The van der Waals surface area contributed by atoms with E-state index >= 15 is 0 Å². The molecule has 2 rings (SSSR count). The fourth-order valence-corrected chi connectivity index (χ4v) is 3.36. The molecule has 12 heteroatoms. The number of hydrogen-bond acceptors (Lipinski definition) is 8. The molecule has 0 unspecified atom stereocenters. The summed E-state index contributed by atoms with van der Waals surface area (Å²) in [5, 5.41) is 8.27. The van der Waals surface area contributed by atoms with Crippen LogP contribution in [0.15, 0.2) is 24.3 Å². The number of nitrogens with zero attached hydrogens (tertiary/aromatic N) is 4. The Labute approximate surface area is 313 Å². The summed E-state index contributed by atoms with van der Waals surface area (Å²) >= 11 is 0. The number of carbonyl (C=O) groups is 2. The number of benzene rings is 1. The number of nitrogens with one attached hydrogen (secondary N) is 3. The van der Waals surface area contributed by atoms with Crippen molar-refractivity contribution in [2.24, 2.45) is 5.73 Å². The maximum atomic E-state index is 12.0. The molecule has 5 N–H and O–H groups in total. The standard InChI is InChI=1S/C20H27N6O2.C7H16N2O.C2H5.CH3.Cs/c1-5-16-20(26(4)13(2)3)25-19(17(24-16)18(21)28)23-15-8-6-7-14(11-15)9-10-22-12-27;1-8-7(10)5-4-6-9(2)3;1-2;;/h6-8,11,13H,5,9-10H2,1-4H3,(H2,21,28)(H,22,27)(H,23,25);4-6H2,1-3H3,(H,8,10);1H2,2H3;1H3;/q-1;;2*-1;+1. The molecule has 0 aliphatic rings. The SMILES string of the molecule is CCc1nc(C(N)=O)c(Nc2cccc(CCN[C-]=O)c2)nc1N(C)C(C)C.CNC(=O)CCCN(C)C.[CH2-]C.[CH3-].[Cs+]. The van der Waals surface area contributed by atoms with Crippen LogP contribution in [0.1, 0.15) is 62.3 Å². The number of rotatable bonds is 14. The van der Waals surface area contributed by atoms with Crippen molar-refractivity contribution in [2.75, 3.05) is 51.5 Å². The first kappa shape index (κ1) is 44.8. The number of nitrogens with two attached hydrogens (primary N) is 1. The van der Waals surface area contributed by atoms with Gasteiger partial charge >= 0.3 is 68.9 Å². The quantitative estimate of drug-likeness (QED) is 0.125. The van der Waals surface area contributed by atoms with Crippen LogP contribution >= 0.6 is 0 Å². The number of anilines is 3. The molecule has 2 aromatic rings. The van der Waals surface area contributed by atoms with E-state index in [4.69, 9.17) is 5.73 Å². The summed E-state index contributed by atoms with van der Waals surface area (Å²) in [7, 11) is 7.62. The molecule has 0 fully saturated rings. The number of primary amides is 1. The van der Waals surface area contributed by atoms with Gasteiger partial charge in [-0.25, -0.2) is 9.97 Å². The Balaban J connectivity index is -0.000000927. The van der Waals surface area contributed by atoms with Gasteiger partial charge < -0.3 is 50.6 Å². The minimum atomic E-state index is -0.634. The van der Waals surface area contributed by atoms with Crippen LogP contribution in [0.4, 0.5) is 17.3 Å². The van der Waals surface area contributed by atoms with Crippen LogP contribution < -0.4 is 95.5 Å². The zero-order valence-corrected chi connectivity index (χ0v) is 33.7. The molecule has 0 radical (unpaired) electrons. The van der Waals surface area contributed by atoms with Crippen LogP contribution in [0.5, 0.6) is 0 Å². The fraction of sp³-hybridized carbons (Fsp3) is 0.500. The monoisotopic (exact) mass is 704 g/mol. The van der Waals surface area contributed by atoms with Gasteiger partial charge in [0.05, 0.1) is 5.69 Å². The van der Waals surface area contributed by atoms with Gasteiger partial charge in [-0.2, -0.15) is 13.3 Å². The zero-order chi connectivity index (χ0) is 30.7. The van der Waals surface area contributed by atoms with E-state index in [0.29, 0.717) is 37.4 Å². The van der Waals surface area contributed by atoms with Gasteiger partial charge in [-0.15, -0.1) is 0 Å². The molecule has 0 spiro atoms. The Morgan fingerprint density at radius 1 is 1.14 bits per heavy atom.